The molecular weight excluding hydrogens is 364 g/mol. The molecule has 0 unspecified atom stereocenters. The molecule has 1 aliphatic rings. The van der Waals surface area contributed by atoms with Gasteiger partial charge >= 0.3 is 0 Å². The second-order valence-corrected chi connectivity index (χ2v) is 8.60. The van der Waals surface area contributed by atoms with E-state index in [9.17, 15) is 13.2 Å². The van der Waals surface area contributed by atoms with Crippen molar-refractivity contribution in [3.63, 3.8) is 0 Å². The smallest absolute Gasteiger partial charge is 0.223 e. The number of ether oxygens (including phenoxy) is 1. The molecule has 0 atom stereocenters. The molecule has 0 saturated carbocycles. The summed E-state index contributed by atoms with van der Waals surface area (Å²) in [7, 11) is -1.75. The number of carbonyl (C=O) groups excluding carboxylic acids is 1. The van der Waals surface area contributed by atoms with Crippen molar-refractivity contribution in [2.24, 2.45) is 5.92 Å². The normalized spacial score (nSPS) is 16.7. The summed E-state index contributed by atoms with van der Waals surface area (Å²) >= 11 is 5.83. The van der Waals surface area contributed by atoms with E-state index in [0.717, 1.165) is 6.42 Å². The summed E-state index contributed by atoms with van der Waals surface area (Å²) in [6.07, 6.45) is 1.88. The Balaban J connectivity index is 1.82. The number of piperidine rings is 1. The van der Waals surface area contributed by atoms with Gasteiger partial charge in [-0.05, 0) is 37.0 Å². The highest BCUT2D eigenvalue weighted by Gasteiger charge is 2.30. The molecule has 1 amide bonds. The number of benzene rings is 1. The number of amides is 1. The summed E-state index contributed by atoms with van der Waals surface area (Å²) in [6.45, 7) is 1.96. The summed E-state index contributed by atoms with van der Waals surface area (Å²) in [5, 5.41) is 3.47. The van der Waals surface area contributed by atoms with Crippen molar-refractivity contribution in [2.75, 3.05) is 33.4 Å². The first-order valence-corrected chi connectivity index (χ1v) is 10.4. The van der Waals surface area contributed by atoms with Crippen LogP contribution < -0.4 is 5.32 Å². The molecule has 140 valence electrons. The minimum absolute atomic E-state index is 0.00542. The van der Waals surface area contributed by atoms with Gasteiger partial charge in [0.05, 0.1) is 5.75 Å². The summed E-state index contributed by atoms with van der Waals surface area (Å²) < 4.78 is 31.5. The van der Waals surface area contributed by atoms with E-state index in [1.165, 1.54) is 4.31 Å². The lowest BCUT2D eigenvalue weighted by Crippen LogP contribution is -2.43. The van der Waals surface area contributed by atoms with Gasteiger partial charge in [0, 0.05) is 44.3 Å². The van der Waals surface area contributed by atoms with Gasteiger partial charge in [-0.25, -0.2) is 12.7 Å². The molecule has 6 nitrogen and oxygen atoms in total. The van der Waals surface area contributed by atoms with Gasteiger partial charge in [0.25, 0.3) is 0 Å². The van der Waals surface area contributed by atoms with E-state index in [0.29, 0.717) is 49.7 Å². The van der Waals surface area contributed by atoms with E-state index in [4.69, 9.17) is 16.3 Å². The van der Waals surface area contributed by atoms with Crippen LogP contribution in [0.25, 0.3) is 0 Å². The highest BCUT2D eigenvalue weighted by molar-refractivity contribution is 7.88. The van der Waals surface area contributed by atoms with Crippen LogP contribution in [-0.4, -0.2) is 52.0 Å². The summed E-state index contributed by atoms with van der Waals surface area (Å²) in [6, 6.07) is 6.82. The molecule has 0 bridgehead atoms. The maximum absolute atomic E-state index is 12.5. The van der Waals surface area contributed by atoms with Crippen LogP contribution in [0.1, 0.15) is 24.8 Å². The van der Waals surface area contributed by atoms with Gasteiger partial charge in [-0.1, -0.05) is 23.7 Å². The quantitative estimate of drug-likeness (QED) is 0.691. The van der Waals surface area contributed by atoms with Gasteiger partial charge < -0.3 is 10.1 Å². The third-order valence-corrected chi connectivity index (χ3v) is 6.41. The molecule has 0 spiro atoms. The Hall–Kier alpha value is -1.15. The Morgan fingerprint density at radius 1 is 1.28 bits per heavy atom. The molecule has 0 aliphatic carbocycles. The van der Waals surface area contributed by atoms with Crippen molar-refractivity contribution in [3.05, 3.63) is 34.9 Å². The van der Waals surface area contributed by atoms with Gasteiger partial charge in [0.15, 0.2) is 0 Å². The second-order valence-electron chi connectivity index (χ2n) is 6.19. The first-order chi connectivity index (χ1) is 11.9. The molecule has 0 aromatic heterocycles. The van der Waals surface area contributed by atoms with Gasteiger partial charge in [-0.3, -0.25) is 4.79 Å². The molecule has 1 fully saturated rings. The van der Waals surface area contributed by atoms with Crippen molar-refractivity contribution < 1.29 is 17.9 Å². The third-order valence-electron chi connectivity index (χ3n) is 4.30. The van der Waals surface area contributed by atoms with E-state index >= 15 is 0 Å². The number of methoxy groups -OCH3 is 1. The fourth-order valence-corrected chi connectivity index (χ4v) is 4.54. The zero-order valence-electron chi connectivity index (χ0n) is 14.4. The number of nitrogens with one attached hydrogen (secondary N) is 1. The molecule has 2 rings (SSSR count). The number of rotatable bonds is 8. The monoisotopic (exact) mass is 388 g/mol. The average Bonchev–Trinajstić information content (AvgIpc) is 2.60. The number of hydrogen-bond acceptors (Lipinski definition) is 4. The van der Waals surface area contributed by atoms with E-state index in [-0.39, 0.29) is 17.6 Å². The van der Waals surface area contributed by atoms with E-state index in [1.807, 2.05) is 0 Å². The van der Waals surface area contributed by atoms with Crippen molar-refractivity contribution >= 4 is 27.5 Å². The molecular formula is C17H25ClN2O4S. The second kappa shape index (κ2) is 9.52. The number of halogens is 1. The highest BCUT2D eigenvalue weighted by Crippen LogP contribution is 2.22. The summed E-state index contributed by atoms with van der Waals surface area (Å²) in [5.41, 5.74) is 0.711. The molecule has 1 N–H and O–H groups in total. The third kappa shape index (κ3) is 6.26. The van der Waals surface area contributed by atoms with E-state index < -0.39 is 10.0 Å². The van der Waals surface area contributed by atoms with Crippen molar-refractivity contribution in [2.45, 2.75) is 25.0 Å². The molecule has 8 heteroatoms. The molecule has 25 heavy (non-hydrogen) atoms. The lowest BCUT2D eigenvalue weighted by molar-refractivity contribution is -0.126. The number of nitrogens with zero attached hydrogens (tertiary/aromatic N) is 1. The van der Waals surface area contributed by atoms with Crippen LogP contribution in [0.2, 0.25) is 5.02 Å². The Bertz CT molecular complexity index is 656. The first kappa shape index (κ1) is 20.2. The Morgan fingerprint density at radius 3 is 2.52 bits per heavy atom. The van der Waals surface area contributed by atoms with E-state index in [1.54, 1.807) is 31.4 Å². The molecule has 1 heterocycles. The van der Waals surface area contributed by atoms with Crippen LogP contribution in [0, 0.1) is 5.92 Å². The van der Waals surface area contributed by atoms with Crippen LogP contribution in [0.5, 0.6) is 0 Å². The van der Waals surface area contributed by atoms with Crippen LogP contribution >= 0.6 is 11.6 Å². The summed E-state index contributed by atoms with van der Waals surface area (Å²) in [4.78, 5) is 12.1. The molecule has 1 aliphatic heterocycles. The van der Waals surface area contributed by atoms with Gasteiger partial charge in [0.1, 0.15) is 0 Å². The Kier molecular flexibility index (Phi) is 7.68. The largest absolute Gasteiger partial charge is 0.385 e. The van der Waals surface area contributed by atoms with Gasteiger partial charge in [-0.2, -0.15) is 0 Å². The van der Waals surface area contributed by atoms with Gasteiger partial charge in [0.2, 0.25) is 15.9 Å². The SMILES string of the molecule is COCCCNC(=O)C1CCN(S(=O)(=O)Cc2ccc(Cl)cc2)CC1. The maximum Gasteiger partial charge on any atom is 0.223 e. The highest BCUT2D eigenvalue weighted by atomic mass is 35.5. The first-order valence-electron chi connectivity index (χ1n) is 8.41. The van der Waals surface area contributed by atoms with Crippen molar-refractivity contribution in [3.8, 4) is 0 Å². The lowest BCUT2D eigenvalue weighted by atomic mass is 9.97. The zero-order chi connectivity index (χ0) is 18.3. The Morgan fingerprint density at radius 2 is 1.92 bits per heavy atom. The predicted molar refractivity (Wildman–Crippen MR) is 97.9 cm³/mol. The summed E-state index contributed by atoms with van der Waals surface area (Å²) in [5.74, 6) is -0.159. The topological polar surface area (TPSA) is 75.7 Å². The molecule has 1 aromatic carbocycles. The van der Waals surface area contributed by atoms with E-state index in [2.05, 4.69) is 5.32 Å². The minimum Gasteiger partial charge on any atom is -0.385 e. The Labute approximate surface area is 154 Å². The average molecular weight is 389 g/mol. The van der Waals surface area contributed by atoms with Crippen LogP contribution in [0.3, 0.4) is 0 Å². The number of sulfonamides is 1. The van der Waals surface area contributed by atoms with Gasteiger partial charge in [-0.15, -0.1) is 0 Å². The maximum atomic E-state index is 12.5. The van der Waals surface area contributed by atoms with Crippen molar-refractivity contribution in [1.82, 2.24) is 9.62 Å². The fourth-order valence-electron chi connectivity index (χ4n) is 2.85. The van der Waals surface area contributed by atoms with Crippen molar-refractivity contribution in [1.29, 1.82) is 0 Å². The number of carbonyl (C=O) groups is 1. The number of hydrogen-bond donors (Lipinski definition) is 1. The van der Waals surface area contributed by atoms with Crippen LogP contribution in [0.15, 0.2) is 24.3 Å². The standard InChI is InChI=1S/C17H25ClN2O4S/c1-24-12-2-9-19-17(21)15-7-10-20(11-8-15)25(22,23)13-14-3-5-16(18)6-4-14/h3-6,15H,2,7-13H2,1H3,(H,19,21). The molecule has 1 aromatic rings. The molecule has 0 radical (unpaired) electrons. The predicted octanol–water partition coefficient (Wildman–Crippen LogP) is 2.03. The lowest BCUT2D eigenvalue weighted by Gasteiger charge is -2.30. The molecule has 1 saturated heterocycles. The minimum atomic E-state index is -3.38. The van der Waals surface area contributed by atoms with Crippen LogP contribution in [0.4, 0.5) is 0 Å². The fraction of sp³-hybridized carbons (Fsp3) is 0.588. The van der Waals surface area contributed by atoms with Crippen LogP contribution in [-0.2, 0) is 25.3 Å². The zero-order valence-corrected chi connectivity index (χ0v) is 16.0.